The molecule has 0 aliphatic carbocycles. The van der Waals surface area contributed by atoms with Gasteiger partial charge in [-0.25, -0.2) is 9.96 Å². The Morgan fingerprint density at radius 2 is 1.39 bits per heavy atom. The van der Waals surface area contributed by atoms with Crippen molar-refractivity contribution in [3.05, 3.63) is 101 Å². The standard InChI is InChI=1S/C23H17N3O5/c27-22-19-20(15-7-3-1-4-8-15)25(17-9-5-2-6-10-17)31-21(19)23(28)24(22)16-11-13-18(14-12-16)26(29)30/h1-14,19-21H/t19-,20-,21+/m0/s1. The molecule has 154 valence electrons. The molecule has 3 aromatic rings. The summed E-state index contributed by atoms with van der Waals surface area (Å²) >= 11 is 0. The summed E-state index contributed by atoms with van der Waals surface area (Å²) < 4.78 is 0. The second-order valence-corrected chi connectivity index (χ2v) is 7.35. The Balaban J connectivity index is 1.54. The van der Waals surface area contributed by atoms with Crippen LogP contribution in [0.5, 0.6) is 0 Å². The van der Waals surface area contributed by atoms with Crippen molar-refractivity contribution in [2.24, 2.45) is 5.92 Å². The zero-order valence-electron chi connectivity index (χ0n) is 16.2. The van der Waals surface area contributed by atoms with Crippen LogP contribution in [0.3, 0.4) is 0 Å². The molecular formula is C23H17N3O5. The summed E-state index contributed by atoms with van der Waals surface area (Å²) in [4.78, 5) is 44.1. The molecule has 3 atom stereocenters. The van der Waals surface area contributed by atoms with E-state index in [1.54, 1.807) is 5.06 Å². The van der Waals surface area contributed by atoms with Crippen LogP contribution in [0.1, 0.15) is 11.6 Å². The van der Waals surface area contributed by atoms with E-state index in [2.05, 4.69) is 0 Å². The molecule has 3 aromatic carbocycles. The Hall–Kier alpha value is -4.04. The lowest BCUT2D eigenvalue weighted by molar-refractivity contribution is -0.384. The number of para-hydroxylation sites is 1. The van der Waals surface area contributed by atoms with E-state index in [0.29, 0.717) is 0 Å². The number of non-ortho nitro benzene ring substituents is 1. The molecule has 0 N–H and O–H groups in total. The van der Waals surface area contributed by atoms with Crippen LogP contribution >= 0.6 is 0 Å². The Labute approximate surface area is 177 Å². The number of hydrogen-bond donors (Lipinski definition) is 0. The number of carbonyl (C=O) groups excluding carboxylic acids is 2. The molecular weight excluding hydrogens is 398 g/mol. The Kier molecular flexibility index (Phi) is 4.48. The highest BCUT2D eigenvalue weighted by Gasteiger charge is 2.60. The lowest BCUT2D eigenvalue weighted by Gasteiger charge is -2.28. The molecule has 2 amide bonds. The lowest BCUT2D eigenvalue weighted by atomic mass is 9.90. The molecule has 0 spiro atoms. The minimum atomic E-state index is -0.979. The smallest absolute Gasteiger partial charge is 0.269 e. The van der Waals surface area contributed by atoms with Gasteiger partial charge in [0.2, 0.25) is 5.91 Å². The van der Waals surface area contributed by atoms with Gasteiger partial charge in [-0.1, -0.05) is 48.5 Å². The monoisotopic (exact) mass is 415 g/mol. The van der Waals surface area contributed by atoms with Gasteiger partial charge in [0.15, 0.2) is 6.10 Å². The largest absolute Gasteiger partial charge is 0.273 e. The van der Waals surface area contributed by atoms with Gasteiger partial charge < -0.3 is 0 Å². The molecule has 0 aromatic heterocycles. The second-order valence-electron chi connectivity index (χ2n) is 7.35. The first-order valence-corrected chi connectivity index (χ1v) is 9.74. The van der Waals surface area contributed by atoms with Crippen molar-refractivity contribution in [3.63, 3.8) is 0 Å². The minimum Gasteiger partial charge on any atom is -0.273 e. The van der Waals surface area contributed by atoms with Gasteiger partial charge in [0.05, 0.1) is 22.3 Å². The first kappa shape index (κ1) is 19.0. The third kappa shape index (κ3) is 3.04. The molecule has 5 rings (SSSR count). The number of hydrogen-bond acceptors (Lipinski definition) is 6. The molecule has 2 aliphatic heterocycles. The van der Waals surface area contributed by atoms with Gasteiger partial charge >= 0.3 is 0 Å². The van der Waals surface area contributed by atoms with E-state index < -0.39 is 34.8 Å². The lowest BCUT2D eigenvalue weighted by Crippen LogP contribution is -2.37. The van der Waals surface area contributed by atoms with Gasteiger partial charge in [0, 0.05) is 12.1 Å². The van der Waals surface area contributed by atoms with Crippen LogP contribution in [0, 0.1) is 16.0 Å². The molecule has 31 heavy (non-hydrogen) atoms. The van der Waals surface area contributed by atoms with Crippen molar-refractivity contribution in [3.8, 4) is 0 Å². The highest BCUT2D eigenvalue weighted by atomic mass is 16.7. The van der Waals surface area contributed by atoms with E-state index in [9.17, 15) is 19.7 Å². The van der Waals surface area contributed by atoms with E-state index in [0.717, 1.165) is 16.2 Å². The van der Waals surface area contributed by atoms with Gasteiger partial charge in [0.25, 0.3) is 11.6 Å². The number of nitrogens with zero attached hydrogens (tertiary/aromatic N) is 3. The maximum absolute atomic E-state index is 13.4. The third-order valence-corrected chi connectivity index (χ3v) is 5.59. The van der Waals surface area contributed by atoms with E-state index in [1.807, 2.05) is 60.7 Å². The molecule has 0 saturated carbocycles. The first-order chi connectivity index (χ1) is 15.1. The maximum atomic E-state index is 13.4. The number of amides is 2. The Bertz CT molecular complexity index is 1150. The van der Waals surface area contributed by atoms with Crippen molar-refractivity contribution in [2.75, 3.05) is 9.96 Å². The van der Waals surface area contributed by atoms with E-state index in [-0.39, 0.29) is 11.4 Å². The quantitative estimate of drug-likeness (QED) is 0.367. The van der Waals surface area contributed by atoms with Gasteiger partial charge in [-0.3, -0.25) is 24.5 Å². The van der Waals surface area contributed by atoms with Crippen molar-refractivity contribution in [1.29, 1.82) is 0 Å². The number of nitro groups is 1. The predicted octanol–water partition coefficient (Wildman–Crippen LogP) is 3.65. The fraction of sp³-hybridized carbons (Fsp3) is 0.130. The van der Waals surface area contributed by atoms with Crippen molar-refractivity contribution < 1.29 is 19.3 Å². The van der Waals surface area contributed by atoms with Crippen LogP contribution in [0.25, 0.3) is 0 Å². The van der Waals surface area contributed by atoms with Crippen LogP contribution in [0.2, 0.25) is 0 Å². The van der Waals surface area contributed by atoms with Crippen molar-refractivity contribution in [1.82, 2.24) is 0 Å². The van der Waals surface area contributed by atoms with Crippen LogP contribution in [-0.4, -0.2) is 22.8 Å². The van der Waals surface area contributed by atoms with Crippen LogP contribution in [0.15, 0.2) is 84.9 Å². The molecule has 8 nitrogen and oxygen atoms in total. The number of carbonyl (C=O) groups is 2. The summed E-state index contributed by atoms with van der Waals surface area (Å²) in [5.41, 5.74) is 1.77. The average Bonchev–Trinajstić information content (AvgIpc) is 3.31. The van der Waals surface area contributed by atoms with Gasteiger partial charge in [-0.2, -0.15) is 0 Å². The summed E-state index contributed by atoms with van der Waals surface area (Å²) in [6.45, 7) is 0. The number of fused-ring (bicyclic) bond motifs is 1. The normalized spacial score (nSPS) is 22.6. The molecule has 0 radical (unpaired) electrons. The van der Waals surface area contributed by atoms with Crippen LogP contribution in [-0.2, 0) is 14.4 Å². The zero-order valence-corrected chi connectivity index (χ0v) is 16.2. The van der Waals surface area contributed by atoms with Crippen LogP contribution in [0.4, 0.5) is 17.1 Å². The molecule has 8 heteroatoms. The Morgan fingerprint density at radius 1 is 0.774 bits per heavy atom. The molecule has 2 fully saturated rings. The predicted molar refractivity (Wildman–Crippen MR) is 112 cm³/mol. The van der Waals surface area contributed by atoms with Gasteiger partial charge in [0.1, 0.15) is 5.92 Å². The summed E-state index contributed by atoms with van der Waals surface area (Å²) in [6, 6.07) is 23.6. The second kappa shape index (κ2) is 7.33. The zero-order chi connectivity index (χ0) is 21.5. The fourth-order valence-corrected chi connectivity index (χ4v) is 4.18. The molecule has 2 saturated heterocycles. The topological polar surface area (TPSA) is 93.0 Å². The van der Waals surface area contributed by atoms with Gasteiger partial charge in [-0.05, 0) is 29.8 Å². The van der Waals surface area contributed by atoms with Crippen molar-refractivity contribution >= 4 is 28.9 Å². The average molecular weight is 415 g/mol. The minimum absolute atomic E-state index is 0.114. The summed E-state index contributed by atoms with van der Waals surface area (Å²) in [5.74, 6) is -1.62. The van der Waals surface area contributed by atoms with E-state index in [1.165, 1.54) is 24.3 Å². The van der Waals surface area contributed by atoms with E-state index >= 15 is 0 Å². The molecule has 0 unspecified atom stereocenters. The molecule has 2 aliphatic rings. The number of nitro benzene ring substituents is 1. The number of imide groups is 1. The molecule has 0 bridgehead atoms. The number of benzene rings is 3. The third-order valence-electron chi connectivity index (χ3n) is 5.59. The van der Waals surface area contributed by atoms with Crippen molar-refractivity contribution in [2.45, 2.75) is 12.1 Å². The number of rotatable bonds is 4. The fourth-order valence-electron chi connectivity index (χ4n) is 4.18. The van der Waals surface area contributed by atoms with E-state index in [4.69, 9.17) is 4.84 Å². The highest BCUT2D eigenvalue weighted by molar-refractivity contribution is 6.23. The SMILES string of the molecule is O=C1[C@@H]2[C@@H](ON(c3ccccc3)[C@H]2c2ccccc2)C(=O)N1c1ccc([N+](=O)[O-])cc1. The Morgan fingerprint density at radius 3 is 2.00 bits per heavy atom. The summed E-state index contributed by atoms with van der Waals surface area (Å²) in [5, 5.41) is 12.6. The molecule has 2 heterocycles. The van der Waals surface area contributed by atoms with Gasteiger partial charge in [-0.15, -0.1) is 0 Å². The highest BCUT2D eigenvalue weighted by Crippen LogP contribution is 2.47. The van der Waals surface area contributed by atoms with Crippen LogP contribution < -0.4 is 9.96 Å². The first-order valence-electron chi connectivity index (χ1n) is 9.74. The summed E-state index contributed by atoms with van der Waals surface area (Å²) in [6.07, 6.45) is -0.979. The number of anilines is 2. The maximum Gasteiger partial charge on any atom is 0.269 e. The summed E-state index contributed by atoms with van der Waals surface area (Å²) in [7, 11) is 0. The number of hydroxylamine groups is 1.